The SMILES string of the molecule is CC(=O)N1CCN(CCN=Cc2c(O)n(C3CCCCC3)c(=O)n(C3CCCCC3)c2=O)CC1. The lowest BCUT2D eigenvalue weighted by molar-refractivity contribution is -0.130. The van der Waals surface area contributed by atoms with E-state index in [1.807, 2.05) is 4.90 Å². The van der Waals surface area contributed by atoms with Crippen LogP contribution in [0.25, 0.3) is 0 Å². The Morgan fingerprint density at radius 1 is 0.912 bits per heavy atom. The van der Waals surface area contributed by atoms with Gasteiger partial charge in [-0.05, 0) is 25.7 Å². The van der Waals surface area contributed by atoms with Gasteiger partial charge in [0.1, 0.15) is 5.56 Å². The molecule has 34 heavy (non-hydrogen) atoms. The monoisotopic (exact) mass is 473 g/mol. The van der Waals surface area contributed by atoms with Gasteiger partial charge in [-0.2, -0.15) is 0 Å². The Bertz CT molecular complexity index is 994. The maximum absolute atomic E-state index is 13.5. The second-order valence-corrected chi connectivity index (χ2v) is 10.0. The number of piperazine rings is 1. The van der Waals surface area contributed by atoms with Crippen molar-refractivity contribution >= 4 is 12.1 Å². The topological polar surface area (TPSA) is 100 Å². The summed E-state index contributed by atoms with van der Waals surface area (Å²) in [6.07, 6.45) is 11.2. The van der Waals surface area contributed by atoms with Crippen molar-refractivity contribution in [3.05, 3.63) is 26.4 Å². The number of nitrogens with zero attached hydrogens (tertiary/aromatic N) is 5. The Balaban J connectivity index is 1.55. The Hall–Kier alpha value is -2.42. The third kappa shape index (κ3) is 5.45. The predicted molar refractivity (Wildman–Crippen MR) is 132 cm³/mol. The average Bonchev–Trinajstić information content (AvgIpc) is 2.85. The molecule has 1 saturated heterocycles. The molecule has 2 aliphatic carbocycles. The van der Waals surface area contributed by atoms with Gasteiger partial charge in [-0.15, -0.1) is 0 Å². The van der Waals surface area contributed by atoms with E-state index in [9.17, 15) is 19.5 Å². The summed E-state index contributed by atoms with van der Waals surface area (Å²) in [6.45, 7) is 5.87. The molecule has 0 spiro atoms. The van der Waals surface area contributed by atoms with Gasteiger partial charge in [-0.25, -0.2) is 4.79 Å². The molecule has 1 aliphatic heterocycles. The highest BCUT2D eigenvalue weighted by Gasteiger charge is 2.28. The highest BCUT2D eigenvalue weighted by atomic mass is 16.3. The second kappa shape index (κ2) is 11.3. The van der Waals surface area contributed by atoms with E-state index in [0.29, 0.717) is 6.54 Å². The van der Waals surface area contributed by atoms with Crippen molar-refractivity contribution in [2.45, 2.75) is 83.2 Å². The van der Waals surface area contributed by atoms with E-state index in [1.54, 1.807) is 6.92 Å². The lowest BCUT2D eigenvalue weighted by Crippen LogP contribution is -2.48. The zero-order valence-corrected chi connectivity index (χ0v) is 20.5. The molecule has 0 atom stereocenters. The number of rotatable bonds is 6. The van der Waals surface area contributed by atoms with Crippen LogP contribution in [0.15, 0.2) is 14.6 Å². The zero-order chi connectivity index (χ0) is 24.1. The van der Waals surface area contributed by atoms with E-state index in [1.165, 1.54) is 15.3 Å². The normalized spacial score (nSPS) is 21.4. The summed E-state index contributed by atoms with van der Waals surface area (Å²) in [5, 5.41) is 11.1. The lowest BCUT2D eigenvalue weighted by Gasteiger charge is -2.33. The first kappa shape index (κ1) is 24.7. The Labute approximate surface area is 201 Å². The Kier molecular flexibility index (Phi) is 8.24. The van der Waals surface area contributed by atoms with Gasteiger partial charge >= 0.3 is 5.69 Å². The van der Waals surface area contributed by atoms with Crippen LogP contribution >= 0.6 is 0 Å². The van der Waals surface area contributed by atoms with Gasteiger partial charge in [-0.3, -0.25) is 28.6 Å². The smallest absolute Gasteiger partial charge is 0.334 e. The van der Waals surface area contributed by atoms with Crippen molar-refractivity contribution in [1.29, 1.82) is 0 Å². The number of carbonyl (C=O) groups excluding carboxylic acids is 1. The fraction of sp³-hybridized carbons (Fsp3) is 0.760. The van der Waals surface area contributed by atoms with Gasteiger partial charge in [0.2, 0.25) is 11.8 Å². The molecule has 1 N–H and O–H groups in total. The molecule has 0 bridgehead atoms. The Morgan fingerprint density at radius 2 is 1.47 bits per heavy atom. The number of carbonyl (C=O) groups is 1. The molecule has 2 saturated carbocycles. The van der Waals surface area contributed by atoms with Gasteiger partial charge in [0, 0.05) is 57.9 Å². The van der Waals surface area contributed by atoms with Crippen LogP contribution in [-0.2, 0) is 4.79 Å². The van der Waals surface area contributed by atoms with E-state index in [0.717, 1.165) is 96.9 Å². The highest BCUT2D eigenvalue weighted by molar-refractivity contribution is 5.82. The van der Waals surface area contributed by atoms with Crippen molar-refractivity contribution in [2.24, 2.45) is 4.99 Å². The van der Waals surface area contributed by atoms with Gasteiger partial charge in [0.05, 0.1) is 6.54 Å². The molecule has 0 aromatic carbocycles. The molecule has 0 radical (unpaired) electrons. The third-order valence-corrected chi connectivity index (χ3v) is 7.79. The molecule has 4 rings (SSSR count). The molecule has 1 aromatic rings. The number of aromatic hydroxyl groups is 1. The number of amides is 1. The summed E-state index contributed by atoms with van der Waals surface area (Å²) < 4.78 is 2.90. The number of hydrogen-bond acceptors (Lipinski definition) is 6. The molecule has 3 fully saturated rings. The summed E-state index contributed by atoms with van der Waals surface area (Å²) >= 11 is 0. The summed E-state index contributed by atoms with van der Waals surface area (Å²) in [7, 11) is 0. The average molecular weight is 474 g/mol. The van der Waals surface area contributed by atoms with Crippen molar-refractivity contribution < 1.29 is 9.90 Å². The van der Waals surface area contributed by atoms with Crippen LogP contribution in [0.5, 0.6) is 5.88 Å². The van der Waals surface area contributed by atoms with Crippen molar-refractivity contribution in [2.75, 3.05) is 39.3 Å². The molecular weight excluding hydrogens is 434 g/mol. The minimum Gasteiger partial charge on any atom is -0.494 e. The van der Waals surface area contributed by atoms with Gasteiger partial charge in [-0.1, -0.05) is 38.5 Å². The number of aliphatic imine (C=N–C) groups is 1. The summed E-state index contributed by atoms with van der Waals surface area (Å²) in [4.78, 5) is 46.9. The van der Waals surface area contributed by atoms with E-state index >= 15 is 0 Å². The van der Waals surface area contributed by atoms with Crippen molar-refractivity contribution in [3.8, 4) is 5.88 Å². The van der Waals surface area contributed by atoms with Crippen LogP contribution in [0.2, 0.25) is 0 Å². The Morgan fingerprint density at radius 3 is 2.03 bits per heavy atom. The number of aromatic nitrogens is 2. The van der Waals surface area contributed by atoms with Crippen LogP contribution in [0.4, 0.5) is 0 Å². The third-order valence-electron chi connectivity index (χ3n) is 7.79. The van der Waals surface area contributed by atoms with Crippen molar-refractivity contribution in [1.82, 2.24) is 18.9 Å². The first-order valence-corrected chi connectivity index (χ1v) is 13.0. The van der Waals surface area contributed by atoms with Crippen LogP contribution in [0, 0.1) is 0 Å². The molecular formula is C25H39N5O4. The first-order chi connectivity index (χ1) is 16.5. The first-order valence-electron chi connectivity index (χ1n) is 13.0. The molecule has 3 aliphatic rings. The van der Waals surface area contributed by atoms with E-state index in [2.05, 4.69) is 9.89 Å². The molecule has 0 unspecified atom stereocenters. The quantitative estimate of drug-likeness (QED) is 0.639. The van der Waals surface area contributed by atoms with Crippen LogP contribution in [0.3, 0.4) is 0 Å². The molecule has 9 nitrogen and oxygen atoms in total. The molecule has 9 heteroatoms. The maximum Gasteiger partial charge on any atom is 0.334 e. The largest absolute Gasteiger partial charge is 0.494 e. The highest BCUT2D eigenvalue weighted by Crippen LogP contribution is 2.31. The van der Waals surface area contributed by atoms with E-state index in [-0.39, 0.29) is 35.1 Å². The van der Waals surface area contributed by atoms with E-state index < -0.39 is 5.56 Å². The summed E-state index contributed by atoms with van der Waals surface area (Å²) in [6, 6.07) is -0.171. The fourth-order valence-corrected chi connectivity index (χ4v) is 5.73. The fourth-order valence-electron chi connectivity index (χ4n) is 5.73. The van der Waals surface area contributed by atoms with Gasteiger partial charge in [0.25, 0.3) is 5.56 Å². The summed E-state index contributed by atoms with van der Waals surface area (Å²) in [5.74, 6) is -0.122. The molecule has 2 heterocycles. The van der Waals surface area contributed by atoms with Gasteiger partial charge < -0.3 is 10.0 Å². The van der Waals surface area contributed by atoms with Gasteiger partial charge in [0.15, 0.2) is 0 Å². The molecule has 1 amide bonds. The summed E-state index contributed by atoms with van der Waals surface area (Å²) in [5.41, 5.74) is -0.640. The minimum atomic E-state index is -0.416. The van der Waals surface area contributed by atoms with Crippen molar-refractivity contribution in [3.63, 3.8) is 0 Å². The molecule has 188 valence electrons. The van der Waals surface area contributed by atoms with Crippen LogP contribution in [-0.4, -0.2) is 75.4 Å². The maximum atomic E-state index is 13.5. The lowest BCUT2D eigenvalue weighted by atomic mass is 9.94. The van der Waals surface area contributed by atoms with E-state index in [4.69, 9.17) is 0 Å². The second-order valence-electron chi connectivity index (χ2n) is 10.0. The van der Waals surface area contributed by atoms with Crippen LogP contribution < -0.4 is 11.2 Å². The van der Waals surface area contributed by atoms with Crippen LogP contribution in [0.1, 0.15) is 88.8 Å². The standard InChI is InChI=1S/C25H39N5O4/c1-19(31)28-16-14-27(15-17-28)13-12-26-18-22-23(32)29(20-8-4-2-5-9-20)25(34)30(24(22)33)21-10-6-3-7-11-21/h18,20-21,32H,2-17H2,1H3. The molecule has 1 aromatic heterocycles. The number of hydrogen-bond donors (Lipinski definition) is 1. The predicted octanol–water partition coefficient (Wildman–Crippen LogP) is 2.31. The minimum absolute atomic E-state index is 0.0681. The zero-order valence-electron chi connectivity index (χ0n) is 20.5.